The van der Waals surface area contributed by atoms with Crippen molar-refractivity contribution in [2.24, 2.45) is 5.92 Å². The highest BCUT2D eigenvalue weighted by molar-refractivity contribution is 5.91. The minimum atomic E-state index is -0.925. The fourth-order valence-corrected chi connectivity index (χ4v) is 3.21. The van der Waals surface area contributed by atoms with Crippen LogP contribution in [-0.2, 0) is 15.0 Å². The van der Waals surface area contributed by atoms with Crippen molar-refractivity contribution in [1.82, 2.24) is 4.90 Å². The molecule has 1 aromatic carbocycles. The third-order valence-electron chi connectivity index (χ3n) is 4.73. The number of hydrogen-bond donors (Lipinski definition) is 1. The molecule has 0 aromatic heterocycles. The summed E-state index contributed by atoms with van der Waals surface area (Å²) in [5, 5.41) is 9.10. The third-order valence-corrected chi connectivity index (χ3v) is 4.73. The van der Waals surface area contributed by atoms with Crippen molar-refractivity contribution in [3.63, 3.8) is 0 Å². The van der Waals surface area contributed by atoms with Crippen molar-refractivity contribution < 1.29 is 14.7 Å². The van der Waals surface area contributed by atoms with Crippen LogP contribution in [0.25, 0.3) is 0 Å². The zero-order valence-corrected chi connectivity index (χ0v) is 12.1. The van der Waals surface area contributed by atoms with Crippen molar-refractivity contribution in [1.29, 1.82) is 0 Å². The lowest BCUT2D eigenvalue weighted by Gasteiger charge is -2.43. The second-order valence-corrected chi connectivity index (χ2v) is 6.32. The van der Waals surface area contributed by atoms with Gasteiger partial charge in [0.05, 0.1) is 5.41 Å². The summed E-state index contributed by atoms with van der Waals surface area (Å²) in [7, 11) is 0. The zero-order valence-electron chi connectivity index (χ0n) is 12.1. The Bertz CT molecular complexity index is 532. The van der Waals surface area contributed by atoms with E-state index in [-0.39, 0.29) is 12.5 Å². The molecule has 4 nitrogen and oxygen atoms in total. The van der Waals surface area contributed by atoms with E-state index in [0.717, 1.165) is 37.7 Å². The summed E-state index contributed by atoms with van der Waals surface area (Å²) in [4.78, 5) is 25.7. The summed E-state index contributed by atoms with van der Waals surface area (Å²) < 4.78 is 0. The summed E-state index contributed by atoms with van der Waals surface area (Å²) in [6.07, 6.45) is 4.92. The molecule has 1 amide bonds. The second kappa shape index (κ2) is 5.51. The molecular weight excluding hydrogens is 266 g/mol. The second-order valence-electron chi connectivity index (χ2n) is 6.32. The summed E-state index contributed by atoms with van der Waals surface area (Å²) in [6, 6.07) is 9.83. The predicted octanol–water partition coefficient (Wildman–Crippen LogP) is 2.43. The van der Waals surface area contributed by atoms with Gasteiger partial charge >= 0.3 is 5.97 Å². The lowest BCUT2D eigenvalue weighted by atomic mass is 9.63. The van der Waals surface area contributed by atoms with Gasteiger partial charge in [-0.25, -0.2) is 0 Å². The van der Waals surface area contributed by atoms with Crippen LogP contribution in [0.3, 0.4) is 0 Å². The van der Waals surface area contributed by atoms with Gasteiger partial charge in [-0.3, -0.25) is 9.59 Å². The molecule has 2 saturated carbocycles. The topological polar surface area (TPSA) is 57.6 Å². The number of benzene rings is 1. The van der Waals surface area contributed by atoms with Crippen LogP contribution >= 0.6 is 0 Å². The molecule has 0 bridgehead atoms. The van der Waals surface area contributed by atoms with E-state index in [1.807, 2.05) is 30.3 Å². The molecule has 0 aliphatic heterocycles. The summed E-state index contributed by atoms with van der Waals surface area (Å²) in [6.45, 7) is 0.420. The average Bonchev–Trinajstić information content (AvgIpc) is 3.21. The van der Waals surface area contributed by atoms with Gasteiger partial charge < -0.3 is 10.0 Å². The minimum absolute atomic E-state index is 0.00856. The molecule has 0 heterocycles. The Morgan fingerprint density at radius 2 is 1.86 bits per heavy atom. The first-order chi connectivity index (χ1) is 10.1. The lowest BCUT2D eigenvalue weighted by molar-refractivity contribution is -0.149. The molecule has 2 aliphatic rings. The van der Waals surface area contributed by atoms with Crippen LogP contribution in [0, 0.1) is 5.92 Å². The van der Waals surface area contributed by atoms with Gasteiger partial charge in [-0.2, -0.15) is 0 Å². The minimum Gasteiger partial charge on any atom is -0.480 e. The zero-order chi connectivity index (χ0) is 14.9. The Morgan fingerprint density at radius 3 is 2.33 bits per heavy atom. The van der Waals surface area contributed by atoms with Crippen LogP contribution < -0.4 is 0 Å². The monoisotopic (exact) mass is 287 g/mol. The maximum Gasteiger partial charge on any atom is 0.323 e. The number of carboxylic acids is 1. The first-order valence-electron chi connectivity index (χ1n) is 7.68. The molecule has 2 aliphatic carbocycles. The Balaban J connectivity index is 1.83. The largest absolute Gasteiger partial charge is 0.480 e. The Labute approximate surface area is 124 Å². The van der Waals surface area contributed by atoms with Crippen LogP contribution in [-0.4, -0.2) is 35.0 Å². The van der Waals surface area contributed by atoms with Gasteiger partial charge in [0.2, 0.25) is 5.91 Å². The Hall–Kier alpha value is -1.84. The van der Waals surface area contributed by atoms with Crippen molar-refractivity contribution in [2.75, 3.05) is 13.1 Å². The van der Waals surface area contributed by atoms with E-state index in [1.165, 1.54) is 0 Å². The van der Waals surface area contributed by atoms with Gasteiger partial charge in [0, 0.05) is 6.54 Å². The molecule has 1 N–H and O–H groups in total. The van der Waals surface area contributed by atoms with E-state index in [4.69, 9.17) is 5.11 Å². The van der Waals surface area contributed by atoms with Gasteiger partial charge in [-0.1, -0.05) is 36.8 Å². The van der Waals surface area contributed by atoms with Crippen LogP contribution in [0.1, 0.15) is 37.7 Å². The Morgan fingerprint density at radius 1 is 1.19 bits per heavy atom. The molecular formula is C17H21NO3. The van der Waals surface area contributed by atoms with Crippen LogP contribution in [0.2, 0.25) is 0 Å². The number of rotatable bonds is 6. The third kappa shape index (κ3) is 2.80. The molecule has 21 heavy (non-hydrogen) atoms. The van der Waals surface area contributed by atoms with Crippen LogP contribution in [0.5, 0.6) is 0 Å². The number of carbonyl (C=O) groups is 2. The quantitative estimate of drug-likeness (QED) is 0.874. The number of carbonyl (C=O) groups excluding carboxylic acids is 1. The molecule has 4 heteroatoms. The van der Waals surface area contributed by atoms with E-state index < -0.39 is 11.4 Å². The van der Waals surface area contributed by atoms with Gasteiger partial charge in [0.25, 0.3) is 0 Å². The Kier molecular flexibility index (Phi) is 3.70. The summed E-state index contributed by atoms with van der Waals surface area (Å²) >= 11 is 0. The molecule has 2 fully saturated rings. The van der Waals surface area contributed by atoms with E-state index >= 15 is 0 Å². The van der Waals surface area contributed by atoms with Gasteiger partial charge in [-0.05, 0) is 37.2 Å². The van der Waals surface area contributed by atoms with Gasteiger partial charge in [0.15, 0.2) is 0 Å². The van der Waals surface area contributed by atoms with Crippen molar-refractivity contribution in [2.45, 2.75) is 37.5 Å². The van der Waals surface area contributed by atoms with E-state index in [1.54, 1.807) is 4.90 Å². The van der Waals surface area contributed by atoms with Crippen molar-refractivity contribution >= 4 is 11.9 Å². The molecule has 1 aromatic rings. The first-order valence-corrected chi connectivity index (χ1v) is 7.68. The highest BCUT2D eigenvalue weighted by Crippen LogP contribution is 2.45. The SMILES string of the molecule is O=C(O)CN(CC1CC1)C(=O)C1(c2ccccc2)CCC1. The maximum atomic E-state index is 13.0. The highest BCUT2D eigenvalue weighted by Gasteiger charge is 2.48. The smallest absolute Gasteiger partial charge is 0.323 e. The number of carboxylic acid groups (broad SMARTS) is 1. The fourth-order valence-electron chi connectivity index (χ4n) is 3.21. The first kappa shape index (κ1) is 14.1. The van der Waals surface area contributed by atoms with Crippen molar-refractivity contribution in [3.8, 4) is 0 Å². The maximum absolute atomic E-state index is 13.0. The normalized spacial score (nSPS) is 19.6. The molecule has 0 radical (unpaired) electrons. The molecule has 0 unspecified atom stereocenters. The molecule has 3 rings (SSSR count). The lowest BCUT2D eigenvalue weighted by Crippen LogP contribution is -2.52. The highest BCUT2D eigenvalue weighted by atomic mass is 16.4. The van der Waals surface area contributed by atoms with Gasteiger partial charge in [-0.15, -0.1) is 0 Å². The molecule has 0 spiro atoms. The molecule has 0 atom stereocenters. The summed E-state index contributed by atoms with van der Waals surface area (Å²) in [5.41, 5.74) is 0.554. The molecule has 112 valence electrons. The van der Waals surface area contributed by atoms with E-state index in [0.29, 0.717) is 12.5 Å². The molecule has 0 saturated heterocycles. The summed E-state index contributed by atoms with van der Waals surface area (Å²) in [5.74, 6) is -0.415. The van der Waals surface area contributed by atoms with Gasteiger partial charge in [0.1, 0.15) is 6.54 Å². The standard InChI is InChI=1S/C17H21NO3/c19-15(20)12-18(11-13-7-8-13)16(21)17(9-4-10-17)14-5-2-1-3-6-14/h1-3,5-6,13H,4,7-12H2,(H,19,20). The van der Waals surface area contributed by atoms with Crippen LogP contribution in [0.4, 0.5) is 0 Å². The number of amides is 1. The predicted molar refractivity (Wildman–Crippen MR) is 78.9 cm³/mol. The number of hydrogen-bond acceptors (Lipinski definition) is 2. The van der Waals surface area contributed by atoms with Crippen LogP contribution in [0.15, 0.2) is 30.3 Å². The van der Waals surface area contributed by atoms with Crippen molar-refractivity contribution in [3.05, 3.63) is 35.9 Å². The fraction of sp³-hybridized carbons (Fsp3) is 0.529. The van der Waals surface area contributed by atoms with E-state index in [2.05, 4.69) is 0 Å². The van der Waals surface area contributed by atoms with E-state index in [9.17, 15) is 9.59 Å². The number of aliphatic carboxylic acids is 1. The average molecular weight is 287 g/mol. The number of nitrogens with zero attached hydrogens (tertiary/aromatic N) is 1.